The van der Waals surface area contributed by atoms with E-state index < -0.39 is 0 Å². The summed E-state index contributed by atoms with van der Waals surface area (Å²) >= 11 is 0. The van der Waals surface area contributed by atoms with Gasteiger partial charge in [-0.25, -0.2) is 15.0 Å². The first-order valence-corrected chi connectivity index (χ1v) is 7.19. The van der Waals surface area contributed by atoms with Crippen LogP contribution in [0.5, 0.6) is 0 Å². The van der Waals surface area contributed by atoms with Gasteiger partial charge in [-0.05, 0) is 12.1 Å². The molecular weight excluding hydrogens is 290 g/mol. The van der Waals surface area contributed by atoms with Gasteiger partial charge in [-0.3, -0.25) is 4.79 Å². The van der Waals surface area contributed by atoms with Gasteiger partial charge in [0.2, 0.25) is 5.65 Å². The van der Waals surface area contributed by atoms with Gasteiger partial charge >= 0.3 is 0 Å². The molecule has 1 aromatic heterocycles. The number of aromatic nitrogens is 3. The predicted molar refractivity (Wildman–Crippen MR) is 87.5 cm³/mol. The molecule has 2 aliphatic rings. The van der Waals surface area contributed by atoms with Crippen LogP contribution in [0.4, 0.5) is 0 Å². The van der Waals surface area contributed by atoms with Crippen LogP contribution in [0.1, 0.15) is 0 Å². The molecule has 0 saturated carbocycles. The van der Waals surface area contributed by atoms with Crippen LogP contribution < -0.4 is 5.43 Å². The molecule has 0 atom stereocenters. The van der Waals surface area contributed by atoms with E-state index in [-0.39, 0.29) is 5.43 Å². The van der Waals surface area contributed by atoms with Gasteiger partial charge in [0.15, 0.2) is 11.2 Å². The van der Waals surface area contributed by atoms with Crippen LogP contribution in [0.25, 0.3) is 44.6 Å². The van der Waals surface area contributed by atoms with Crippen molar-refractivity contribution in [2.24, 2.45) is 0 Å². The number of hydrogen-bond acceptors (Lipinski definition) is 5. The van der Waals surface area contributed by atoms with Gasteiger partial charge in [0.25, 0.3) is 5.71 Å². The van der Waals surface area contributed by atoms with Crippen molar-refractivity contribution in [1.29, 1.82) is 0 Å². The molecule has 5 nitrogen and oxygen atoms in total. The zero-order valence-corrected chi connectivity index (χ0v) is 11.9. The van der Waals surface area contributed by atoms with E-state index in [1.165, 1.54) is 6.07 Å². The molecule has 3 aromatic rings. The summed E-state index contributed by atoms with van der Waals surface area (Å²) in [7, 11) is 0. The van der Waals surface area contributed by atoms with Crippen molar-refractivity contribution in [3.8, 4) is 11.5 Å². The summed E-state index contributed by atoms with van der Waals surface area (Å²) in [6, 6.07) is 16.4. The smallest absolute Gasteiger partial charge is 0.266 e. The number of rotatable bonds is 0. The lowest BCUT2D eigenvalue weighted by atomic mass is 10.1. The van der Waals surface area contributed by atoms with E-state index in [1.807, 2.05) is 42.5 Å². The Hall–Kier alpha value is -3.34. The summed E-state index contributed by atoms with van der Waals surface area (Å²) in [6.45, 7) is 0. The maximum Gasteiger partial charge on any atom is 0.266 e. The Balaban J connectivity index is 2.00. The Labute approximate surface area is 129 Å². The van der Waals surface area contributed by atoms with E-state index >= 15 is 0 Å². The molecule has 5 rings (SSSR count). The summed E-state index contributed by atoms with van der Waals surface area (Å²) in [4.78, 5) is 25.8. The van der Waals surface area contributed by atoms with Gasteiger partial charge < -0.3 is 4.42 Å². The normalized spacial score (nSPS) is 11.7. The van der Waals surface area contributed by atoms with Crippen LogP contribution in [0.2, 0.25) is 0 Å². The SMILES string of the molecule is O=c1cc2oc3nc4ccccc4nc3nc-2c2ccccc12. The Morgan fingerprint density at radius 2 is 1.48 bits per heavy atom. The Bertz CT molecular complexity index is 1240. The molecule has 0 amide bonds. The zero-order chi connectivity index (χ0) is 15.4. The fourth-order valence-corrected chi connectivity index (χ4v) is 2.82. The first-order valence-electron chi connectivity index (χ1n) is 7.19. The Kier molecular flexibility index (Phi) is 2.30. The molecule has 0 spiro atoms. The predicted octanol–water partition coefficient (Wildman–Crippen LogP) is 3.39. The molecule has 2 heterocycles. The van der Waals surface area contributed by atoms with E-state index in [9.17, 15) is 4.79 Å². The standard InChI is InChI=1S/C18H9N3O2/c22-14-9-15-16(11-6-2-1-5-10(11)14)21-17-18(23-15)20-13-8-4-3-7-12(13)19-17/h1-9H. The highest BCUT2D eigenvalue weighted by Crippen LogP contribution is 2.29. The van der Waals surface area contributed by atoms with Crippen molar-refractivity contribution in [2.45, 2.75) is 0 Å². The van der Waals surface area contributed by atoms with Crippen molar-refractivity contribution < 1.29 is 4.42 Å². The second kappa shape index (κ2) is 4.33. The van der Waals surface area contributed by atoms with Crippen molar-refractivity contribution in [1.82, 2.24) is 15.0 Å². The van der Waals surface area contributed by atoms with Gasteiger partial charge in [0.1, 0.15) is 5.69 Å². The molecule has 0 N–H and O–H groups in total. The molecule has 1 aliphatic heterocycles. The first kappa shape index (κ1) is 12.2. The lowest BCUT2D eigenvalue weighted by molar-refractivity contribution is 0.600. The molecule has 108 valence electrons. The largest absolute Gasteiger partial charge is 0.433 e. The third kappa shape index (κ3) is 1.73. The second-order valence-corrected chi connectivity index (χ2v) is 5.32. The van der Waals surface area contributed by atoms with E-state index in [0.29, 0.717) is 28.2 Å². The molecule has 5 heteroatoms. The van der Waals surface area contributed by atoms with Crippen LogP contribution >= 0.6 is 0 Å². The Morgan fingerprint density at radius 1 is 0.783 bits per heavy atom. The summed E-state index contributed by atoms with van der Waals surface area (Å²) in [6.07, 6.45) is 0. The summed E-state index contributed by atoms with van der Waals surface area (Å²) in [5.41, 5.74) is 2.77. The van der Waals surface area contributed by atoms with E-state index in [0.717, 1.165) is 16.4 Å². The fraction of sp³-hybridized carbons (Fsp3) is 0. The monoisotopic (exact) mass is 299 g/mol. The molecule has 0 radical (unpaired) electrons. The molecule has 2 aromatic carbocycles. The number of hydrogen-bond donors (Lipinski definition) is 0. The van der Waals surface area contributed by atoms with E-state index in [2.05, 4.69) is 15.0 Å². The highest BCUT2D eigenvalue weighted by Gasteiger charge is 2.16. The van der Waals surface area contributed by atoms with Crippen LogP contribution in [-0.2, 0) is 0 Å². The minimum atomic E-state index is -0.0910. The second-order valence-electron chi connectivity index (χ2n) is 5.32. The third-order valence-electron chi connectivity index (χ3n) is 3.89. The van der Waals surface area contributed by atoms with Crippen molar-refractivity contribution >= 4 is 33.2 Å². The van der Waals surface area contributed by atoms with Crippen LogP contribution in [0.3, 0.4) is 0 Å². The molecule has 1 aliphatic carbocycles. The minimum Gasteiger partial charge on any atom is -0.433 e. The molecule has 0 saturated heterocycles. The molecule has 23 heavy (non-hydrogen) atoms. The zero-order valence-electron chi connectivity index (χ0n) is 11.9. The van der Waals surface area contributed by atoms with Crippen LogP contribution in [0, 0.1) is 0 Å². The summed E-state index contributed by atoms with van der Waals surface area (Å²) in [5.74, 6) is 0.422. The first-order chi connectivity index (χ1) is 11.3. The average Bonchev–Trinajstić information content (AvgIpc) is 2.59. The van der Waals surface area contributed by atoms with Crippen molar-refractivity contribution in [3.63, 3.8) is 0 Å². The van der Waals surface area contributed by atoms with Crippen LogP contribution in [0.15, 0.2) is 63.8 Å². The van der Waals surface area contributed by atoms with Crippen LogP contribution in [-0.4, -0.2) is 15.0 Å². The van der Waals surface area contributed by atoms with Gasteiger partial charge in [-0.2, -0.15) is 0 Å². The number of para-hydroxylation sites is 2. The Morgan fingerprint density at radius 3 is 2.30 bits per heavy atom. The third-order valence-corrected chi connectivity index (χ3v) is 3.89. The van der Waals surface area contributed by atoms with Crippen molar-refractivity contribution in [2.75, 3.05) is 0 Å². The van der Waals surface area contributed by atoms with Gasteiger partial charge in [-0.15, -0.1) is 0 Å². The van der Waals surface area contributed by atoms with Gasteiger partial charge in [0, 0.05) is 16.8 Å². The maximum atomic E-state index is 12.2. The highest BCUT2D eigenvalue weighted by molar-refractivity contribution is 5.96. The molecule has 0 unspecified atom stereocenters. The highest BCUT2D eigenvalue weighted by atomic mass is 16.3. The van der Waals surface area contributed by atoms with Crippen molar-refractivity contribution in [3.05, 3.63) is 64.8 Å². The number of benzene rings is 3. The lowest BCUT2D eigenvalue weighted by Crippen LogP contribution is -2.04. The maximum absolute atomic E-state index is 12.2. The average molecular weight is 299 g/mol. The van der Waals surface area contributed by atoms with Gasteiger partial charge in [-0.1, -0.05) is 36.4 Å². The number of nitrogens with zero attached hydrogens (tertiary/aromatic N) is 3. The van der Waals surface area contributed by atoms with Gasteiger partial charge in [0.05, 0.1) is 11.0 Å². The molecule has 0 fully saturated rings. The number of fused-ring (bicyclic) bond motifs is 5. The summed E-state index contributed by atoms with van der Waals surface area (Å²) in [5, 5.41) is 1.38. The quantitative estimate of drug-likeness (QED) is 0.324. The summed E-state index contributed by atoms with van der Waals surface area (Å²) < 4.78 is 5.81. The van der Waals surface area contributed by atoms with E-state index in [4.69, 9.17) is 4.42 Å². The molecule has 0 bridgehead atoms. The molecular formula is C18H9N3O2. The van der Waals surface area contributed by atoms with E-state index in [1.54, 1.807) is 6.07 Å². The topological polar surface area (TPSA) is 68.9 Å². The minimum absolute atomic E-state index is 0.0910. The lowest BCUT2D eigenvalue weighted by Gasteiger charge is -2.08. The fourth-order valence-electron chi connectivity index (χ4n) is 2.82.